The Morgan fingerprint density at radius 1 is 0.667 bits per heavy atom. The van der Waals surface area contributed by atoms with Crippen molar-refractivity contribution in [3.8, 4) is 11.8 Å². The molecule has 0 saturated carbocycles. The molecule has 0 N–H and O–H groups in total. The van der Waals surface area contributed by atoms with E-state index in [-0.39, 0.29) is 5.56 Å². The minimum Gasteiger partial charge on any atom is -0.204 e. The molecular formula is C24H15F3. The summed E-state index contributed by atoms with van der Waals surface area (Å²) in [6, 6.07) is 18.2. The van der Waals surface area contributed by atoms with Crippen LogP contribution in [0.15, 0.2) is 60.7 Å². The number of rotatable bonds is 1. The molecule has 0 fully saturated rings. The lowest BCUT2D eigenvalue weighted by molar-refractivity contribution is 0.446. The summed E-state index contributed by atoms with van der Waals surface area (Å²) in [5.74, 6) is 1.62. The van der Waals surface area contributed by atoms with Gasteiger partial charge in [0.15, 0.2) is 17.5 Å². The quantitative estimate of drug-likeness (QED) is 0.210. The lowest BCUT2D eigenvalue weighted by Crippen LogP contribution is -1.91. The molecule has 4 aromatic rings. The van der Waals surface area contributed by atoms with E-state index in [4.69, 9.17) is 0 Å². The van der Waals surface area contributed by atoms with E-state index in [0.29, 0.717) is 0 Å². The molecule has 0 saturated heterocycles. The van der Waals surface area contributed by atoms with Gasteiger partial charge in [-0.3, -0.25) is 0 Å². The van der Waals surface area contributed by atoms with Crippen molar-refractivity contribution in [2.75, 3.05) is 0 Å². The first-order chi connectivity index (χ1) is 13.0. The summed E-state index contributed by atoms with van der Waals surface area (Å²) in [7, 11) is 0. The first-order valence-electron chi connectivity index (χ1n) is 8.67. The summed E-state index contributed by atoms with van der Waals surface area (Å²) in [6.07, 6.45) is 0.993. The van der Waals surface area contributed by atoms with Gasteiger partial charge in [0.05, 0.1) is 0 Å². The van der Waals surface area contributed by atoms with Gasteiger partial charge < -0.3 is 0 Å². The molecule has 0 aliphatic heterocycles. The number of aryl methyl sites for hydroxylation is 1. The van der Waals surface area contributed by atoms with Crippen molar-refractivity contribution in [1.82, 2.24) is 0 Å². The Balaban J connectivity index is 1.76. The third-order valence-electron chi connectivity index (χ3n) is 4.64. The fourth-order valence-electron chi connectivity index (χ4n) is 3.19. The molecule has 132 valence electrons. The Kier molecular flexibility index (Phi) is 4.33. The molecule has 4 aromatic carbocycles. The van der Waals surface area contributed by atoms with Gasteiger partial charge in [-0.15, -0.1) is 0 Å². The normalized spacial score (nSPS) is 10.8. The maximum absolute atomic E-state index is 13.3. The summed E-state index contributed by atoms with van der Waals surface area (Å²) >= 11 is 0. The Labute approximate surface area is 155 Å². The van der Waals surface area contributed by atoms with Crippen LogP contribution in [0.3, 0.4) is 0 Å². The minimum absolute atomic E-state index is 0.0945. The van der Waals surface area contributed by atoms with E-state index < -0.39 is 17.5 Å². The van der Waals surface area contributed by atoms with Gasteiger partial charge in [-0.05, 0) is 57.8 Å². The predicted molar refractivity (Wildman–Crippen MR) is 103 cm³/mol. The van der Waals surface area contributed by atoms with Crippen molar-refractivity contribution in [1.29, 1.82) is 0 Å². The maximum Gasteiger partial charge on any atom is 0.194 e. The van der Waals surface area contributed by atoms with Crippen LogP contribution >= 0.6 is 0 Å². The molecule has 3 heteroatoms. The molecule has 0 spiro atoms. The van der Waals surface area contributed by atoms with Crippen LogP contribution in [0.1, 0.15) is 23.6 Å². The van der Waals surface area contributed by atoms with Crippen LogP contribution in [0.25, 0.3) is 21.5 Å². The summed E-state index contributed by atoms with van der Waals surface area (Å²) in [5, 5.41) is 4.53. The topological polar surface area (TPSA) is 0 Å². The van der Waals surface area contributed by atoms with Gasteiger partial charge in [0.25, 0.3) is 0 Å². The van der Waals surface area contributed by atoms with Gasteiger partial charge in [0.1, 0.15) is 0 Å². The van der Waals surface area contributed by atoms with Crippen molar-refractivity contribution in [2.45, 2.75) is 13.3 Å². The van der Waals surface area contributed by atoms with Crippen molar-refractivity contribution >= 4 is 21.5 Å². The van der Waals surface area contributed by atoms with E-state index >= 15 is 0 Å². The molecule has 27 heavy (non-hydrogen) atoms. The van der Waals surface area contributed by atoms with Crippen molar-refractivity contribution < 1.29 is 13.2 Å². The molecule has 0 heterocycles. The van der Waals surface area contributed by atoms with E-state index in [1.807, 2.05) is 24.3 Å². The van der Waals surface area contributed by atoms with Crippen LogP contribution in [-0.4, -0.2) is 0 Å². The standard InChI is InChI=1S/C24H15F3/c1-2-15-5-9-20-18(11-15)7-8-19-12-16(6-10-21(19)20)3-4-17-13-22(25)24(27)23(26)14-17/h5-14H,2H2,1H3. The Bertz CT molecular complexity index is 1220. The van der Waals surface area contributed by atoms with Gasteiger partial charge in [-0.1, -0.05) is 55.2 Å². The molecule has 0 radical (unpaired) electrons. The van der Waals surface area contributed by atoms with Crippen molar-refractivity contribution in [3.05, 3.63) is 94.8 Å². The average molecular weight is 360 g/mol. The second-order valence-electron chi connectivity index (χ2n) is 6.41. The SMILES string of the molecule is CCc1ccc2c(ccc3cc(C#Cc4cc(F)c(F)c(F)c4)ccc32)c1. The predicted octanol–water partition coefficient (Wildman–Crippen LogP) is 6.37. The maximum atomic E-state index is 13.3. The number of fused-ring (bicyclic) bond motifs is 3. The molecule has 0 aromatic heterocycles. The lowest BCUT2D eigenvalue weighted by Gasteiger charge is -2.06. The van der Waals surface area contributed by atoms with Crippen molar-refractivity contribution in [2.24, 2.45) is 0 Å². The highest BCUT2D eigenvalue weighted by molar-refractivity contribution is 6.07. The van der Waals surface area contributed by atoms with Crippen LogP contribution in [0.4, 0.5) is 13.2 Å². The largest absolute Gasteiger partial charge is 0.204 e. The molecule has 0 bridgehead atoms. The van der Waals surface area contributed by atoms with Gasteiger partial charge in [-0.2, -0.15) is 0 Å². The highest BCUT2D eigenvalue weighted by atomic mass is 19.2. The first-order valence-corrected chi connectivity index (χ1v) is 8.67. The van der Waals surface area contributed by atoms with Gasteiger partial charge >= 0.3 is 0 Å². The molecule has 0 nitrogen and oxygen atoms in total. The molecule has 0 atom stereocenters. The molecule has 4 rings (SSSR count). The van der Waals surface area contributed by atoms with E-state index in [1.165, 1.54) is 16.3 Å². The highest BCUT2D eigenvalue weighted by Gasteiger charge is 2.09. The van der Waals surface area contributed by atoms with E-state index in [9.17, 15) is 13.2 Å². The molecule has 0 aliphatic carbocycles. The first kappa shape index (κ1) is 17.2. The van der Waals surface area contributed by atoms with Crippen LogP contribution in [0, 0.1) is 29.3 Å². The second kappa shape index (κ2) is 6.81. The zero-order chi connectivity index (χ0) is 19.0. The zero-order valence-corrected chi connectivity index (χ0v) is 14.6. The van der Waals surface area contributed by atoms with Gasteiger partial charge in [0.2, 0.25) is 0 Å². The second-order valence-corrected chi connectivity index (χ2v) is 6.41. The Morgan fingerprint density at radius 3 is 1.93 bits per heavy atom. The van der Waals surface area contributed by atoms with Crippen LogP contribution in [0.5, 0.6) is 0 Å². The number of hydrogen-bond acceptors (Lipinski definition) is 0. The fraction of sp³-hybridized carbons (Fsp3) is 0.0833. The molecule has 0 aliphatic rings. The lowest BCUT2D eigenvalue weighted by atomic mass is 9.98. The molecular weight excluding hydrogens is 345 g/mol. The summed E-state index contributed by atoms with van der Waals surface area (Å²) < 4.78 is 39.6. The Hall–Kier alpha value is -3.25. The third kappa shape index (κ3) is 3.27. The molecule has 0 amide bonds. The minimum atomic E-state index is -1.48. The zero-order valence-electron chi connectivity index (χ0n) is 14.6. The number of hydrogen-bond donors (Lipinski definition) is 0. The highest BCUT2D eigenvalue weighted by Crippen LogP contribution is 2.27. The summed E-state index contributed by atoms with van der Waals surface area (Å²) in [6.45, 7) is 2.13. The third-order valence-corrected chi connectivity index (χ3v) is 4.64. The average Bonchev–Trinajstić information content (AvgIpc) is 2.69. The summed E-state index contributed by atoms with van der Waals surface area (Å²) in [4.78, 5) is 0. The van der Waals surface area contributed by atoms with E-state index in [2.05, 4.69) is 43.0 Å². The van der Waals surface area contributed by atoms with Crippen LogP contribution in [-0.2, 0) is 6.42 Å². The fourth-order valence-corrected chi connectivity index (χ4v) is 3.19. The number of halogens is 3. The van der Waals surface area contributed by atoms with Gasteiger partial charge in [-0.25, -0.2) is 13.2 Å². The Morgan fingerprint density at radius 2 is 1.26 bits per heavy atom. The monoisotopic (exact) mass is 360 g/mol. The van der Waals surface area contributed by atoms with E-state index in [1.54, 1.807) is 0 Å². The van der Waals surface area contributed by atoms with E-state index in [0.717, 1.165) is 34.9 Å². The molecule has 0 unspecified atom stereocenters. The van der Waals surface area contributed by atoms with Gasteiger partial charge in [0, 0.05) is 11.1 Å². The van der Waals surface area contributed by atoms with Crippen molar-refractivity contribution in [3.63, 3.8) is 0 Å². The van der Waals surface area contributed by atoms with Crippen LogP contribution in [0.2, 0.25) is 0 Å². The smallest absolute Gasteiger partial charge is 0.194 e. The number of benzene rings is 4. The van der Waals surface area contributed by atoms with Crippen LogP contribution < -0.4 is 0 Å². The summed E-state index contributed by atoms with van der Waals surface area (Å²) in [5.41, 5.74) is 2.11.